The summed E-state index contributed by atoms with van der Waals surface area (Å²) in [6, 6.07) is 39.3. The van der Waals surface area contributed by atoms with Crippen LogP contribution in [-0.4, -0.2) is 95.5 Å². The van der Waals surface area contributed by atoms with E-state index in [9.17, 15) is 15.3 Å². The van der Waals surface area contributed by atoms with Crippen LogP contribution in [0, 0.1) is 5.92 Å². The van der Waals surface area contributed by atoms with Gasteiger partial charge in [0.1, 0.15) is 36.6 Å². The third-order valence-electron chi connectivity index (χ3n) is 10.7. The quantitative estimate of drug-likeness (QED) is 0.0924. The van der Waals surface area contributed by atoms with Gasteiger partial charge in [0.15, 0.2) is 12.6 Å². The molecule has 2 heterocycles. The summed E-state index contributed by atoms with van der Waals surface area (Å²) in [5.41, 5.74) is 2.46. The second-order valence-electron chi connectivity index (χ2n) is 15.7. The lowest BCUT2D eigenvalue weighted by atomic mass is 9.91. The van der Waals surface area contributed by atoms with Crippen LogP contribution in [0.1, 0.15) is 56.4 Å². The van der Waals surface area contributed by atoms with Crippen LogP contribution in [0.15, 0.2) is 121 Å². The number of ether oxygens (including phenoxy) is 8. The van der Waals surface area contributed by atoms with E-state index in [0.717, 1.165) is 22.3 Å². The average Bonchev–Trinajstić information content (AvgIpc) is 3.24. The monoisotopic (exact) mass is 800 g/mol. The van der Waals surface area contributed by atoms with E-state index in [1.165, 1.54) is 13.8 Å². The Morgan fingerprint density at radius 2 is 1.03 bits per heavy atom. The molecule has 4 aromatic carbocycles. The molecule has 0 aromatic heterocycles. The molecule has 58 heavy (non-hydrogen) atoms. The van der Waals surface area contributed by atoms with Crippen molar-refractivity contribution >= 4 is 0 Å². The second kappa shape index (κ2) is 21.6. The van der Waals surface area contributed by atoms with Crippen LogP contribution in [0.25, 0.3) is 0 Å². The summed E-state index contributed by atoms with van der Waals surface area (Å²) in [6.07, 6.45) is -7.94. The lowest BCUT2D eigenvalue weighted by Crippen LogP contribution is -2.63. The summed E-state index contributed by atoms with van der Waals surface area (Å²) >= 11 is 0. The Morgan fingerprint density at radius 1 is 0.586 bits per heavy atom. The first-order valence-electron chi connectivity index (χ1n) is 20.4. The van der Waals surface area contributed by atoms with Crippen LogP contribution in [-0.2, 0) is 64.3 Å². The third kappa shape index (κ3) is 12.2. The smallest absolute Gasteiger partial charge is 0.189 e. The van der Waals surface area contributed by atoms with Gasteiger partial charge in [0.05, 0.1) is 57.5 Å². The van der Waals surface area contributed by atoms with E-state index in [1.807, 2.05) is 135 Å². The summed E-state index contributed by atoms with van der Waals surface area (Å²) in [4.78, 5) is 0. The highest BCUT2D eigenvalue weighted by Gasteiger charge is 2.52. The fourth-order valence-electron chi connectivity index (χ4n) is 7.19. The molecule has 5 unspecified atom stereocenters. The normalized spacial score (nSPS) is 28.3. The van der Waals surface area contributed by atoms with Gasteiger partial charge in [-0.15, -0.1) is 0 Å². The molecule has 0 bridgehead atoms. The highest BCUT2D eigenvalue weighted by atomic mass is 16.8. The predicted octanol–water partition coefficient (Wildman–Crippen LogP) is 6.35. The SMILES string of the molecule is CCC1O[C@H](O[C@H]2OC(COCc3ccccc3)[C@@H](O)C(OCc3ccccc3)C2C)C(OCc2ccccc2)[C@@H](OCc2ccccc2)[C@@H]1OC[C@H](O)C(C)(C)O. The molecule has 11 nitrogen and oxygen atoms in total. The molecule has 4 aromatic rings. The maximum absolute atomic E-state index is 11.7. The zero-order valence-electron chi connectivity index (χ0n) is 34.0. The Bertz CT molecular complexity index is 1730. The summed E-state index contributed by atoms with van der Waals surface area (Å²) in [5, 5.41) is 33.1. The van der Waals surface area contributed by atoms with Crippen LogP contribution in [0.2, 0.25) is 0 Å². The summed E-state index contributed by atoms with van der Waals surface area (Å²) < 4.78 is 52.7. The highest BCUT2D eigenvalue weighted by Crippen LogP contribution is 2.37. The third-order valence-corrected chi connectivity index (χ3v) is 10.7. The lowest BCUT2D eigenvalue weighted by Gasteiger charge is -2.49. The van der Waals surface area contributed by atoms with E-state index < -0.39 is 72.9 Å². The van der Waals surface area contributed by atoms with Crippen molar-refractivity contribution in [3.63, 3.8) is 0 Å². The van der Waals surface area contributed by atoms with Gasteiger partial charge in [0.2, 0.25) is 0 Å². The molecule has 2 fully saturated rings. The number of rotatable bonds is 20. The Kier molecular flexibility index (Phi) is 16.4. The maximum atomic E-state index is 11.7. The van der Waals surface area contributed by atoms with Crippen molar-refractivity contribution in [3.05, 3.63) is 144 Å². The van der Waals surface area contributed by atoms with Crippen molar-refractivity contribution in [3.8, 4) is 0 Å². The van der Waals surface area contributed by atoms with Gasteiger partial charge in [-0.2, -0.15) is 0 Å². The number of hydrogen-bond acceptors (Lipinski definition) is 11. The van der Waals surface area contributed by atoms with Crippen molar-refractivity contribution in [2.24, 2.45) is 5.92 Å². The van der Waals surface area contributed by atoms with Crippen molar-refractivity contribution in [1.29, 1.82) is 0 Å². The van der Waals surface area contributed by atoms with E-state index in [0.29, 0.717) is 13.0 Å². The van der Waals surface area contributed by atoms with E-state index in [2.05, 4.69) is 0 Å². The molecular weight excluding hydrogens is 741 g/mol. The predicted molar refractivity (Wildman–Crippen MR) is 217 cm³/mol. The second-order valence-corrected chi connectivity index (χ2v) is 15.7. The molecule has 0 spiro atoms. The molecule has 2 saturated heterocycles. The highest BCUT2D eigenvalue weighted by molar-refractivity contribution is 5.16. The Balaban J connectivity index is 1.29. The molecule has 0 aliphatic carbocycles. The molecule has 11 atom stereocenters. The van der Waals surface area contributed by atoms with Crippen molar-refractivity contribution in [2.75, 3.05) is 13.2 Å². The van der Waals surface area contributed by atoms with Crippen LogP contribution < -0.4 is 0 Å². The maximum Gasteiger partial charge on any atom is 0.189 e. The molecule has 0 amide bonds. The van der Waals surface area contributed by atoms with Crippen LogP contribution in [0.4, 0.5) is 0 Å². The molecule has 3 N–H and O–H groups in total. The number of benzene rings is 4. The Labute approximate surface area is 342 Å². The van der Waals surface area contributed by atoms with Gasteiger partial charge in [0.25, 0.3) is 0 Å². The van der Waals surface area contributed by atoms with Gasteiger partial charge in [-0.25, -0.2) is 0 Å². The first-order chi connectivity index (χ1) is 28.1. The standard InChI is InChI=1S/C47H60O11/c1-5-37-42(55-31-39(48)47(3,4)50)43(53-28-35-22-14-8-15-23-35)44(54-29-36-24-16-9-17-25-36)46(56-37)58-45-32(2)41(52-27-34-20-12-7-13-21-34)40(49)38(57-45)30-51-26-33-18-10-6-11-19-33/h6-25,32,37-46,48-50H,5,26-31H2,1-4H3/t32?,37?,38?,39-,40+,41?,42+,43-,44?,45+,46+/m0/s1. The zero-order chi connectivity index (χ0) is 40.9. The molecule has 2 aliphatic heterocycles. The number of aliphatic hydroxyl groups excluding tert-OH is 2. The van der Waals surface area contributed by atoms with E-state index in [-0.39, 0.29) is 33.0 Å². The van der Waals surface area contributed by atoms with Gasteiger partial charge in [-0.3, -0.25) is 0 Å². The average molecular weight is 801 g/mol. The van der Waals surface area contributed by atoms with E-state index in [1.54, 1.807) is 0 Å². The van der Waals surface area contributed by atoms with Crippen molar-refractivity contribution in [1.82, 2.24) is 0 Å². The molecule has 0 radical (unpaired) electrons. The van der Waals surface area contributed by atoms with Crippen LogP contribution >= 0.6 is 0 Å². The van der Waals surface area contributed by atoms with Gasteiger partial charge in [-0.1, -0.05) is 135 Å². The van der Waals surface area contributed by atoms with Gasteiger partial charge < -0.3 is 53.2 Å². The topological polar surface area (TPSA) is 135 Å². The fraction of sp³-hybridized carbons (Fsp3) is 0.489. The summed E-state index contributed by atoms with van der Waals surface area (Å²) in [7, 11) is 0. The van der Waals surface area contributed by atoms with Crippen LogP contribution in [0.3, 0.4) is 0 Å². The lowest BCUT2D eigenvalue weighted by molar-refractivity contribution is -0.381. The minimum Gasteiger partial charge on any atom is -0.388 e. The largest absolute Gasteiger partial charge is 0.388 e. The van der Waals surface area contributed by atoms with E-state index >= 15 is 0 Å². The molecule has 314 valence electrons. The first kappa shape index (κ1) is 44.0. The molecule has 2 aliphatic rings. The fourth-order valence-corrected chi connectivity index (χ4v) is 7.19. The Morgan fingerprint density at radius 3 is 1.52 bits per heavy atom. The molecule has 11 heteroatoms. The molecular formula is C47H60O11. The number of aliphatic hydroxyl groups is 3. The van der Waals surface area contributed by atoms with Crippen molar-refractivity contribution in [2.45, 2.75) is 128 Å². The zero-order valence-corrected chi connectivity index (χ0v) is 34.0. The minimum atomic E-state index is -1.40. The van der Waals surface area contributed by atoms with E-state index in [4.69, 9.17) is 37.9 Å². The molecule has 0 saturated carbocycles. The van der Waals surface area contributed by atoms with Crippen LogP contribution in [0.5, 0.6) is 0 Å². The minimum absolute atomic E-state index is 0.0904. The summed E-state index contributed by atoms with van der Waals surface area (Å²) in [5.74, 6) is -0.456. The van der Waals surface area contributed by atoms with Gasteiger partial charge in [0, 0.05) is 5.92 Å². The number of hydrogen-bond donors (Lipinski definition) is 3. The van der Waals surface area contributed by atoms with Gasteiger partial charge >= 0.3 is 0 Å². The molecule has 6 rings (SSSR count). The van der Waals surface area contributed by atoms with Crippen molar-refractivity contribution < 1.29 is 53.2 Å². The van der Waals surface area contributed by atoms with Gasteiger partial charge in [-0.05, 0) is 42.5 Å². The summed E-state index contributed by atoms with van der Waals surface area (Å²) in [6.45, 7) is 7.99. The first-order valence-corrected chi connectivity index (χ1v) is 20.4. The Hall–Kier alpha value is -3.56.